The van der Waals surface area contributed by atoms with Crippen molar-refractivity contribution in [3.05, 3.63) is 23.2 Å². The highest BCUT2D eigenvalue weighted by Gasteiger charge is 2.18. The van der Waals surface area contributed by atoms with Gasteiger partial charge in [0.1, 0.15) is 0 Å². The molecule has 1 aliphatic rings. The van der Waals surface area contributed by atoms with Crippen LogP contribution in [-0.2, 0) is 10.0 Å². The van der Waals surface area contributed by atoms with Crippen molar-refractivity contribution in [2.45, 2.75) is 25.3 Å². The lowest BCUT2D eigenvalue weighted by Crippen LogP contribution is -2.27. The first-order valence-corrected chi connectivity index (χ1v) is 7.75. The summed E-state index contributed by atoms with van der Waals surface area (Å²) in [6.07, 6.45) is 4.64. The van der Waals surface area contributed by atoms with Crippen LogP contribution in [0.2, 0.25) is 5.02 Å². The quantitative estimate of drug-likeness (QED) is 0.887. The van der Waals surface area contributed by atoms with Crippen molar-refractivity contribution in [3.8, 4) is 0 Å². The molecule has 1 aromatic carbocycles. The summed E-state index contributed by atoms with van der Waals surface area (Å²) in [5, 5.41) is 3.91. The van der Waals surface area contributed by atoms with Crippen molar-refractivity contribution in [3.63, 3.8) is 0 Å². The van der Waals surface area contributed by atoms with Crippen LogP contribution < -0.4 is 10.0 Å². The Balaban J connectivity index is 2.16. The van der Waals surface area contributed by atoms with Gasteiger partial charge in [0.05, 0.1) is 22.7 Å². The summed E-state index contributed by atoms with van der Waals surface area (Å²) in [5.41, 5.74) is 1.31. The molecule has 0 aromatic heterocycles. The van der Waals surface area contributed by atoms with E-state index in [-0.39, 0.29) is 0 Å². The fraction of sp³-hybridized carbons (Fsp3) is 0.455. The van der Waals surface area contributed by atoms with Gasteiger partial charge in [-0.3, -0.25) is 4.72 Å². The van der Waals surface area contributed by atoms with Crippen LogP contribution in [0, 0.1) is 0 Å². The fourth-order valence-electron chi connectivity index (χ4n) is 1.69. The Morgan fingerprint density at radius 2 is 2.06 bits per heavy atom. The van der Waals surface area contributed by atoms with Crippen LogP contribution >= 0.6 is 11.6 Å². The number of rotatable bonds is 4. The van der Waals surface area contributed by atoms with Gasteiger partial charge >= 0.3 is 0 Å². The normalized spacial score (nSPS) is 16.4. The first-order valence-electron chi connectivity index (χ1n) is 5.48. The third-order valence-corrected chi connectivity index (χ3v) is 3.67. The lowest BCUT2D eigenvalue weighted by atomic mass is 9.93. The molecule has 0 aliphatic heterocycles. The Kier molecular flexibility index (Phi) is 3.49. The molecule has 0 amide bonds. The molecular weight excluding hydrogens is 260 g/mol. The number of benzene rings is 1. The second-order valence-corrected chi connectivity index (χ2v) is 6.50. The zero-order valence-corrected chi connectivity index (χ0v) is 11.1. The van der Waals surface area contributed by atoms with Crippen molar-refractivity contribution >= 4 is 33.0 Å². The lowest BCUT2D eigenvalue weighted by molar-refractivity contribution is 0.445. The maximum absolute atomic E-state index is 11.1. The highest BCUT2D eigenvalue weighted by molar-refractivity contribution is 7.92. The number of nitrogens with one attached hydrogen (secondary N) is 2. The number of sulfonamides is 1. The maximum atomic E-state index is 11.1. The molecule has 0 saturated heterocycles. The van der Waals surface area contributed by atoms with Crippen molar-refractivity contribution in [2.24, 2.45) is 0 Å². The summed E-state index contributed by atoms with van der Waals surface area (Å²) >= 11 is 6.05. The first-order chi connectivity index (χ1) is 7.94. The molecule has 1 aliphatic carbocycles. The molecule has 1 fully saturated rings. The molecule has 0 heterocycles. The van der Waals surface area contributed by atoms with Gasteiger partial charge in [-0.05, 0) is 37.5 Å². The predicted molar refractivity (Wildman–Crippen MR) is 71.2 cm³/mol. The van der Waals surface area contributed by atoms with Crippen LogP contribution in [-0.4, -0.2) is 20.7 Å². The smallest absolute Gasteiger partial charge is 0.229 e. The van der Waals surface area contributed by atoms with Gasteiger partial charge in [0.15, 0.2) is 0 Å². The minimum atomic E-state index is -3.25. The van der Waals surface area contributed by atoms with Gasteiger partial charge in [-0.25, -0.2) is 8.42 Å². The molecule has 0 atom stereocenters. The summed E-state index contributed by atoms with van der Waals surface area (Å²) in [4.78, 5) is 0. The third kappa shape index (κ3) is 3.51. The molecular formula is C11H15ClN2O2S. The van der Waals surface area contributed by atoms with Gasteiger partial charge in [0.25, 0.3) is 0 Å². The Bertz CT molecular complexity index is 512. The van der Waals surface area contributed by atoms with E-state index in [0.717, 1.165) is 24.8 Å². The summed E-state index contributed by atoms with van der Waals surface area (Å²) in [6, 6.07) is 5.52. The molecule has 1 saturated carbocycles. The van der Waals surface area contributed by atoms with Crippen LogP contribution in [0.1, 0.15) is 19.3 Å². The van der Waals surface area contributed by atoms with Crippen molar-refractivity contribution < 1.29 is 8.42 Å². The second kappa shape index (κ2) is 4.74. The third-order valence-electron chi connectivity index (χ3n) is 2.73. The topological polar surface area (TPSA) is 58.2 Å². The fourth-order valence-corrected chi connectivity index (χ4v) is 2.41. The minimum Gasteiger partial charge on any atom is -0.381 e. The van der Waals surface area contributed by atoms with E-state index in [1.165, 1.54) is 6.42 Å². The standard InChI is InChI=1S/C11H15ClN2O2S/c1-17(15,16)14-9-5-6-10(12)11(7-9)13-8-3-2-4-8/h5-8,13-14H,2-4H2,1H3. The van der Waals surface area contributed by atoms with E-state index in [1.54, 1.807) is 18.2 Å². The van der Waals surface area contributed by atoms with Crippen LogP contribution in [0.4, 0.5) is 11.4 Å². The summed E-state index contributed by atoms with van der Waals surface area (Å²) in [6.45, 7) is 0. The molecule has 0 bridgehead atoms. The molecule has 6 heteroatoms. The molecule has 1 aromatic rings. The van der Waals surface area contributed by atoms with Crippen LogP contribution in [0.25, 0.3) is 0 Å². The number of hydrogen-bond acceptors (Lipinski definition) is 3. The average Bonchev–Trinajstić information content (AvgIpc) is 2.14. The summed E-state index contributed by atoms with van der Waals surface area (Å²) < 4.78 is 24.7. The lowest BCUT2D eigenvalue weighted by Gasteiger charge is -2.28. The monoisotopic (exact) mass is 274 g/mol. The van der Waals surface area contributed by atoms with E-state index in [2.05, 4.69) is 10.0 Å². The van der Waals surface area contributed by atoms with E-state index >= 15 is 0 Å². The summed E-state index contributed by atoms with van der Waals surface area (Å²) in [7, 11) is -3.25. The number of halogens is 1. The molecule has 4 nitrogen and oxygen atoms in total. The highest BCUT2D eigenvalue weighted by atomic mass is 35.5. The van der Waals surface area contributed by atoms with Crippen LogP contribution in [0.5, 0.6) is 0 Å². The molecule has 2 N–H and O–H groups in total. The predicted octanol–water partition coefficient (Wildman–Crippen LogP) is 2.68. The molecule has 0 radical (unpaired) electrons. The van der Waals surface area contributed by atoms with Gasteiger partial charge in [-0.15, -0.1) is 0 Å². The van der Waals surface area contributed by atoms with Gasteiger partial charge in [-0.2, -0.15) is 0 Å². The zero-order chi connectivity index (χ0) is 12.5. The van der Waals surface area contributed by atoms with Crippen molar-refractivity contribution in [2.75, 3.05) is 16.3 Å². The Labute approximate surface area is 106 Å². The maximum Gasteiger partial charge on any atom is 0.229 e. The van der Waals surface area contributed by atoms with E-state index in [0.29, 0.717) is 16.8 Å². The summed E-state index contributed by atoms with van der Waals surface area (Å²) in [5.74, 6) is 0. The molecule has 2 rings (SSSR count). The van der Waals surface area contributed by atoms with Crippen molar-refractivity contribution in [1.29, 1.82) is 0 Å². The van der Waals surface area contributed by atoms with E-state index in [4.69, 9.17) is 11.6 Å². The first kappa shape index (κ1) is 12.5. The Morgan fingerprint density at radius 3 is 2.59 bits per heavy atom. The zero-order valence-electron chi connectivity index (χ0n) is 9.53. The van der Waals surface area contributed by atoms with Crippen LogP contribution in [0.3, 0.4) is 0 Å². The molecule has 0 spiro atoms. The van der Waals surface area contributed by atoms with Crippen molar-refractivity contribution in [1.82, 2.24) is 0 Å². The molecule has 17 heavy (non-hydrogen) atoms. The van der Waals surface area contributed by atoms with Gasteiger partial charge < -0.3 is 5.32 Å². The van der Waals surface area contributed by atoms with E-state index < -0.39 is 10.0 Å². The second-order valence-electron chi connectivity index (χ2n) is 4.34. The Morgan fingerprint density at radius 1 is 1.35 bits per heavy atom. The van der Waals surface area contributed by atoms with Crippen LogP contribution in [0.15, 0.2) is 18.2 Å². The molecule has 94 valence electrons. The largest absolute Gasteiger partial charge is 0.381 e. The molecule has 0 unspecified atom stereocenters. The average molecular weight is 275 g/mol. The van der Waals surface area contributed by atoms with Gasteiger partial charge in [0.2, 0.25) is 10.0 Å². The Hall–Kier alpha value is -0.940. The van der Waals surface area contributed by atoms with E-state index in [9.17, 15) is 8.42 Å². The van der Waals surface area contributed by atoms with Gasteiger partial charge in [0, 0.05) is 6.04 Å². The SMILES string of the molecule is CS(=O)(=O)Nc1ccc(Cl)c(NC2CCC2)c1. The number of anilines is 2. The number of hydrogen-bond donors (Lipinski definition) is 2. The minimum absolute atomic E-state index is 0.459. The van der Waals surface area contributed by atoms with E-state index in [1.807, 2.05) is 0 Å². The highest BCUT2D eigenvalue weighted by Crippen LogP contribution is 2.30. The van der Waals surface area contributed by atoms with Gasteiger partial charge in [-0.1, -0.05) is 11.6 Å².